The molecule has 0 spiro atoms. The first-order valence-electron chi connectivity index (χ1n) is 9.80. The van der Waals surface area contributed by atoms with Gasteiger partial charge >= 0.3 is 0 Å². The molecule has 0 amide bonds. The fraction of sp³-hybridized carbons (Fsp3) is 0.320. The van der Waals surface area contributed by atoms with Crippen LogP contribution in [0.5, 0.6) is 0 Å². The van der Waals surface area contributed by atoms with Gasteiger partial charge in [-0.1, -0.05) is 36.4 Å². The first-order chi connectivity index (χ1) is 12.8. The number of hydrogen-bond donors (Lipinski definition) is 0. The Morgan fingerprint density at radius 3 is 2.22 bits per heavy atom. The minimum Gasteiger partial charge on any atom is -0.225 e. The maximum absolute atomic E-state index is 2.59. The third-order valence-electron chi connectivity index (χ3n) is 7.08. The monoisotopic (exact) mass is 355 g/mol. The van der Waals surface area contributed by atoms with Crippen LogP contribution in [0.4, 0.5) is 0 Å². The second-order valence-corrected chi connectivity index (χ2v) is 8.68. The molecule has 1 aliphatic heterocycles. The van der Waals surface area contributed by atoms with E-state index in [-0.39, 0.29) is 5.54 Å². The van der Waals surface area contributed by atoms with Crippen molar-refractivity contribution in [3.63, 3.8) is 0 Å². The maximum Gasteiger partial charge on any atom is 0.291 e. The number of rotatable bonds is 0. The van der Waals surface area contributed by atoms with Crippen molar-refractivity contribution in [2.45, 2.75) is 47.1 Å². The van der Waals surface area contributed by atoms with Crippen LogP contribution in [0.1, 0.15) is 41.7 Å². The highest BCUT2D eigenvalue weighted by atomic mass is 15.2. The first-order valence-corrected chi connectivity index (χ1v) is 9.80. The first kappa shape index (κ1) is 16.6. The normalized spacial score (nSPS) is 14.8. The topological polar surface area (TPSA) is 8.81 Å². The SMILES string of the molecule is Cc1c(C)c(C)c2c(c1C)n1c([n+]2C)-c2c(ccc3ccccc23)C1(C)C. The van der Waals surface area contributed by atoms with Gasteiger partial charge in [0.15, 0.2) is 11.0 Å². The summed E-state index contributed by atoms with van der Waals surface area (Å²) in [5.74, 6) is 1.33. The smallest absolute Gasteiger partial charge is 0.225 e. The molecule has 0 radical (unpaired) electrons. The molecule has 136 valence electrons. The van der Waals surface area contributed by atoms with Crippen LogP contribution in [0.2, 0.25) is 0 Å². The number of aryl methyl sites for hydroxylation is 3. The molecule has 2 nitrogen and oxygen atoms in total. The highest BCUT2D eigenvalue weighted by Crippen LogP contribution is 2.48. The molecule has 27 heavy (non-hydrogen) atoms. The van der Waals surface area contributed by atoms with E-state index in [2.05, 4.69) is 94.1 Å². The number of fused-ring (bicyclic) bond motifs is 7. The van der Waals surface area contributed by atoms with Crippen molar-refractivity contribution in [3.8, 4) is 11.4 Å². The molecule has 0 fully saturated rings. The third kappa shape index (κ3) is 1.79. The van der Waals surface area contributed by atoms with Crippen LogP contribution in [0, 0.1) is 27.7 Å². The van der Waals surface area contributed by atoms with Crippen LogP contribution in [0.25, 0.3) is 33.2 Å². The second kappa shape index (κ2) is 5.01. The van der Waals surface area contributed by atoms with Crippen LogP contribution in [-0.4, -0.2) is 4.57 Å². The van der Waals surface area contributed by atoms with Gasteiger partial charge in [0.1, 0.15) is 5.54 Å². The lowest BCUT2D eigenvalue weighted by molar-refractivity contribution is -0.634. The standard InChI is InChI=1S/C25H27N2/c1-14-15(2)17(4)23-22(16(14)3)26(7)24-21-19-11-9-8-10-18(19)12-13-20(21)25(5,6)27(23)24/h8-13H,1-7H3/q+1. The predicted molar refractivity (Wildman–Crippen MR) is 113 cm³/mol. The van der Waals surface area contributed by atoms with Gasteiger partial charge in [-0.25, -0.2) is 9.13 Å². The van der Waals surface area contributed by atoms with Crippen molar-refractivity contribution < 1.29 is 4.57 Å². The number of imidazole rings is 1. The fourth-order valence-corrected chi connectivity index (χ4v) is 5.29. The Kier molecular flexibility index (Phi) is 3.07. The molecule has 0 N–H and O–H groups in total. The molecule has 1 aliphatic rings. The van der Waals surface area contributed by atoms with Crippen molar-refractivity contribution in [1.29, 1.82) is 0 Å². The van der Waals surface area contributed by atoms with Gasteiger partial charge in [0.2, 0.25) is 0 Å². The summed E-state index contributed by atoms with van der Waals surface area (Å²) in [5, 5.41) is 2.66. The Hall–Kier alpha value is -2.61. The quantitative estimate of drug-likeness (QED) is 0.362. The number of aromatic nitrogens is 2. The maximum atomic E-state index is 2.59. The van der Waals surface area contributed by atoms with Crippen LogP contribution >= 0.6 is 0 Å². The van der Waals surface area contributed by atoms with E-state index in [1.165, 1.54) is 61.0 Å². The van der Waals surface area contributed by atoms with Gasteiger partial charge in [0, 0.05) is 16.7 Å². The number of hydrogen-bond acceptors (Lipinski definition) is 0. The number of nitrogens with zero attached hydrogens (tertiary/aromatic N) is 2. The summed E-state index contributed by atoms with van der Waals surface area (Å²) < 4.78 is 5.03. The van der Waals surface area contributed by atoms with E-state index in [0.29, 0.717) is 0 Å². The summed E-state index contributed by atoms with van der Waals surface area (Å²) >= 11 is 0. The van der Waals surface area contributed by atoms with E-state index in [1.807, 2.05) is 0 Å². The Labute approximate surface area is 161 Å². The van der Waals surface area contributed by atoms with Gasteiger partial charge in [-0.3, -0.25) is 0 Å². The van der Waals surface area contributed by atoms with E-state index in [4.69, 9.17) is 0 Å². The molecular formula is C25H27N2+. The van der Waals surface area contributed by atoms with E-state index in [0.717, 1.165) is 0 Å². The van der Waals surface area contributed by atoms with Crippen LogP contribution < -0.4 is 4.57 Å². The van der Waals surface area contributed by atoms with E-state index < -0.39 is 0 Å². The summed E-state index contributed by atoms with van der Waals surface area (Å²) in [6.07, 6.45) is 0. The third-order valence-corrected chi connectivity index (χ3v) is 7.08. The molecule has 1 aromatic heterocycles. The summed E-state index contributed by atoms with van der Waals surface area (Å²) in [7, 11) is 2.24. The Bertz CT molecular complexity index is 1290. The van der Waals surface area contributed by atoms with E-state index in [9.17, 15) is 0 Å². The van der Waals surface area contributed by atoms with Crippen LogP contribution in [-0.2, 0) is 12.6 Å². The van der Waals surface area contributed by atoms with E-state index in [1.54, 1.807) is 0 Å². The Balaban J connectivity index is 2.09. The van der Waals surface area contributed by atoms with Crippen molar-refractivity contribution >= 4 is 21.8 Å². The zero-order chi connectivity index (χ0) is 19.2. The highest BCUT2D eigenvalue weighted by molar-refractivity contribution is 6.00. The molecule has 2 heteroatoms. The van der Waals surface area contributed by atoms with Gasteiger partial charge in [0.05, 0.1) is 12.6 Å². The van der Waals surface area contributed by atoms with E-state index >= 15 is 0 Å². The average Bonchev–Trinajstić information content (AvgIpc) is 3.09. The molecule has 2 heterocycles. The molecule has 0 bridgehead atoms. The van der Waals surface area contributed by atoms with Gasteiger partial charge in [-0.05, 0) is 63.4 Å². The van der Waals surface area contributed by atoms with Gasteiger partial charge in [-0.15, -0.1) is 0 Å². The lowest BCUT2D eigenvalue weighted by Crippen LogP contribution is -2.30. The van der Waals surface area contributed by atoms with Gasteiger partial charge in [-0.2, -0.15) is 0 Å². The zero-order valence-electron chi connectivity index (χ0n) is 17.4. The molecular weight excluding hydrogens is 328 g/mol. The lowest BCUT2D eigenvalue weighted by atomic mass is 9.89. The molecule has 0 saturated carbocycles. The minimum absolute atomic E-state index is 0.0763. The zero-order valence-corrected chi connectivity index (χ0v) is 17.4. The van der Waals surface area contributed by atoms with Crippen LogP contribution in [0.3, 0.4) is 0 Å². The second-order valence-electron chi connectivity index (χ2n) is 8.68. The molecule has 0 unspecified atom stereocenters. The fourth-order valence-electron chi connectivity index (χ4n) is 5.29. The highest BCUT2D eigenvalue weighted by Gasteiger charge is 2.47. The summed E-state index contributed by atoms with van der Waals surface area (Å²) in [4.78, 5) is 0. The molecule has 4 aromatic rings. The van der Waals surface area contributed by atoms with Crippen molar-refractivity contribution in [2.24, 2.45) is 7.05 Å². The molecule has 3 aromatic carbocycles. The summed E-state index contributed by atoms with van der Waals surface area (Å²) in [6.45, 7) is 13.8. The van der Waals surface area contributed by atoms with Gasteiger partial charge in [0.25, 0.3) is 5.82 Å². The summed E-state index contributed by atoms with van der Waals surface area (Å²) in [6, 6.07) is 13.4. The summed E-state index contributed by atoms with van der Waals surface area (Å²) in [5.41, 5.74) is 11.1. The molecule has 0 aliphatic carbocycles. The average molecular weight is 356 g/mol. The minimum atomic E-state index is -0.0763. The van der Waals surface area contributed by atoms with Crippen molar-refractivity contribution in [1.82, 2.24) is 4.57 Å². The Morgan fingerprint density at radius 2 is 1.48 bits per heavy atom. The Morgan fingerprint density at radius 1 is 0.815 bits per heavy atom. The van der Waals surface area contributed by atoms with Crippen molar-refractivity contribution in [3.05, 3.63) is 64.2 Å². The lowest BCUT2D eigenvalue weighted by Gasteiger charge is -2.20. The van der Waals surface area contributed by atoms with Crippen molar-refractivity contribution in [2.75, 3.05) is 0 Å². The largest absolute Gasteiger partial charge is 0.291 e. The predicted octanol–water partition coefficient (Wildman–Crippen LogP) is 5.62. The number of benzene rings is 3. The molecule has 0 atom stereocenters. The molecule has 0 saturated heterocycles. The van der Waals surface area contributed by atoms with Gasteiger partial charge < -0.3 is 0 Å². The van der Waals surface area contributed by atoms with Crippen LogP contribution in [0.15, 0.2) is 36.4 Å². The molecule has 5 rings (SSSR count).